The van der Waals surface area contributed by atoms with E-state index in [0.29, 0.717) is 5.56 Å². The third-order valence-corrected chi connectivity index (χ3v) is 3.29. The summed E-state index contributed by atoms with van der Waals surface area (Å²) in [6, 6.07) is 12.0. The lowest BCUT2D eigenvalue weighted by atomic mass is 10.1. The average molecular weight is 245 g/mol. The van der Waals surface area contributed by atoms with E-state index in [2.05, 4.69) is 16.8 Å². The molecular weight excluding hydrogens is 230 g/mol. The Hall–Kier alpha value is -1.61. The lowest BCUT2D eigenvalue weighted by Crippen LogP contribution is -2.29. The number of thiophene rings is 1. The lowest BCUT2D eigenvalue weighted by Gasteiger charge is -2.08. The molecule has 17 heavy (non-hydrogen) atoms. The predicted molar refractivity (Wildman–Crippen MR) is 72.4 cm³/mol. The van der Waals surface area contributed by atoms with E-state index in [4.69, 9.17) is 0 Å². The molecule has 1 amide bonds. The van der Waals surface area contributed by atoms with Gasteiger partial charge in [-0.1, -0.05) is 18.2 Å². The minimum absolute atomic E-state index is 0.0160. The van der Waals surface area contributed by atoms with Gasteiger partial charge >= 0.3 is 0 Å². The molecule has 1 heterocycles. The molecule has 0 saturated heterocycles. The van der Waals surface area contributed by atoms with Crippen molar-refractivity contribution >= 4 is 17.2 Å². The minimum Gasteiger partial charge on any atom is -0.350 e. The Balaban J connectivity index is 2.16. The molecule has 0 spiro atoms. The van der Waals surface area contributed by atoms with Crippen LogP contribution in [0.15, 0.2) is 41.8 Å². The molecule has 2 nitrogen and oxygen atoms in total. The molecule has 0 aliphatic carbocycles. The fraction of sp³-hybridized carbons (Fsp3) is 0.214. The Labute approximate surface area is 105 Å². The highest BCUT2D eigenvalue weighted by atomic mass is 32.1. The van der Waals surface area contributed by atoms with Crippen LogP contribution in [0.4, 0.5) is 0 Å². The minimum atomic E-state index is -0.0160. The molecule has 88 valence electrons. The summed E-state index contributed by atoms with van der Waals surface area (Å²) in [5.41, 5.74) is 1.86. The SMILES string of the molecule is CC(C)NC(=O)c1ccc(-c2cccs2)cc1. The summed E-state index contributed by atoms with van der Waals surface area (Å²) in [6.07, 6.45) is 0. The Kier molecular flexibility index (Phi) is 3.59. The molecule has 0 aliphatic rings. The molecule has 0 aliphatic heterocycles. The zero-order chi connectivity index (χ0) is 12.3. The molecule has 0 bridgehead atoms. The monoisotopic (exact) mass is 245 g/mol. The van der Waals surface area contributed by atoms with E-state index in [-0.39, 0.29) is 11.9 Å². The standard InChI is InChI=1S/C14H15NOS/c1-10(2)15-14(16)12-7-5-11(6-8-12)13-4-3-9-17-13/h3-10H,1-2H3,(H,15,16). The summed E-state index contributed by atoms with van der Waals surface area (Å²) in [7, 11) is 0. The molecule has 0 saturated carbocycles. The number of rotatable bonds is 3. The quantitative estimate of drug-likeness (QED) is 0.880. The number of hydrogen-bond donors (Lipinski definition) is 1. The van der Waals surface area contributed by atoms with E-state index in [1.54, 1.807) is 11.3 Å². The first-order valence-electron chi connectivity index (χ1n) is 5.61. The first-order valence-corrected chi connectivity index (χ1v) is 6.49. The third kappa shape index (κ3) is 2.94. The van der Waals surface area contributed by atoms with Crippen LogP contribution in [0.1, 0.15) is 24.2 Å². The smallest absolute Gasteiger partial charge is 0.251 e. The van der Waals surface area contributed by atoms with Crippen molar-refractivity contribution in [3.05, 3.63) is 47.3 Å². The molecular formula is C14H15NOS. The van der Waals surface area contributed by atoms with E-state index in [9.17, 15) is 4.79 Å². The van der Waals surface area contributed by atoms with E-state index in [1.165, 1.54) is 4.88 Å². The van der Waals surface area contributed by atoms with Gasteiger partial charge in [0.1, 0.15) is 0 Å². The summed E-state index contributed by atoms with van der Waals surface area (Å²) >= 11 is 1.70. The van der Waals surface area contributed by atoms with Crippen molar-refractivity contribution in [2.24, 2.45) is 0 Å². The number of benzene rings is 1. The second-order valence-electron chi connectivity index (χ2n) is 4.18. The topological polar surface area (TPSA) is 29.1 Å². The van der Waals surface area contributed by atoms with Gasteiger partial charge in [-0.25, -0.2) is 0 Å². The van der Waals surface area contributed by atoms with Crippen LogP contribution in [0, 0.1) is 0 Å². The van der Waals surface area contributed by atoms with Crippen LogP contribution < -0.4 is 5.32 Å². The molecule has 1 aromatic heterocycles. The van der Waals surface area contributed by atoms with Gasteiger partial charge in [-0.05, 0) is 43.0 Å². The third-order valence-electron chi connectivity index (χ3n) is 2.37. The van der Waals surface area contributed by atoms with Crippen molar-refractivity contribution in [2.75, 3.05) is 0 Å². The van der Waals surface area contributed by atoms with Gasteiger partial charge in [-0.2, -0.15) is 0 Å². The van der Waals surface area contributed by atoms with E-state index in [1.807, 2.05) is 44.2 Å². The zero-order valence-corrected chi connectivity index (χ0v) is 10.8. The van der Waals surface area contributed by atoms with Gasteiger partial charge < -0.3 is 5.32 Å². The number of carbonyl (C=O) groups excluding carboxylic acids is 1. The molecule has 0 radical (unpaired) electrons. The van der Waals surface area contributed by atoms with Crippen molar-refractivity contribution in [1.82, 2.24) is 5.32 Å². The molecule has 0 fully saturated rings. The molecule has 0 atom stereocenters. The van der Waals surface area contributed by atoms with Gasteiger partial charge in [0.2, 0.25) is 0 Å². The van der Waals surface area contributed by atoms with Gasteiger partial charge in [0.05, 0.1) is 0 Å². The number of nitrogens with one attached hydrogen (secondary N) is 1. The maximum absolute atomic E-state index is 11.7. The first kappa shape index (κ1) is 11.9. The second kappa shape index (κ2) is 5.15. The molecule has 1 aromatic carbocycles. The molecule has 2 rings (SSSR count). The van der Waals surface area contributed by atoms with Gasteiger partial charge in [-0.3, -0.25) is 4.79 Å². The Morgan fingerprint density at radius 1 is 1.18 bits per heavy atom. The highest BCUT2D eigenvalue weighted by Gasteiger charge is 2.06. The Bertz CT molecular complexity index is 485. The maximum atomic E-state index is 11.7. The van der Waals surface area contributed by atoms with Gasteiger partial charge in [0.25, 0.3) is 5.91 Å². The summed E-state index contributed by atoms with van der Waals surface area (Å²) in [5.74, 6) is -0.0160. The number of amides is 1. The summed E-state index contributed by atoms with van der Waals surface area (Å²) < 4.78 is 0. The zero-order valence-electron chi connectivity index (χ0n) is 9.94. The second-order valence-corrected chi connectivity index (χ2v) is 5.13. The fourth-order valence-electron chi connectivity index (χ4n) is 1.57. The number of hydrogen-bond acceptors (Lipinski definition) is 2. The van der Waals surface area contributed by atoms with E-state index < -0.39 is 0 Å². The van der Waals surface area contributed by atoms with Crippen molar-refractivity contribution < 1.29 is 4.79 Å². The summed E-state index contributed by atoms with van der Waals surface area (Å²) in [6.45, 7) is 3.91. The maximum Gasteiger partial charge on any atom is 0.251 e. The van der Waals surface area contributed by atoms with Gasteiger partial charge in [-0.15, -0.1) is 11.3 Å². The van der Waals surface area contributed by atoms with Crippen LogP contribution in [0.5, 0.6) is 0 Å². The summed E-state index contributed by atoms with van der Waals surface area (Å²) in [5, 5.41) is 4.93. The largest absolute Gasteiger partial charge is 0.350 e. The molecule has 2 aromatic rings. The Morgan fingerprint density at radius 3 is 2.41 bits per heavy atom. The molecule has 1 N–H and O–H groups in total. The summed E-state index contributed by atoms with van der Waals surface area (Å²) in [4.78, 5) is 13.0. The van der Waals surface area contributed by atoms with Crippen LogP contribution >= 0.6 is 11.3 Å². The molecule has 3 heteroatoms. The van der Waals surface area contributed by atoms with Crippen molar-refractivity contribution in [2.45, 2.75) is 19.9 Å². The van der Waals surface area contributed by atoms with Crippen LogP contribution in [-0.2, 0) is 0 Å². The van der Waals surface area contributed by atoms with Crippen LogP contribution in [0.25, 0.3) is 10.4 Å². The van der Waals surface area contributed by atoms with Crippen LogP contribution in [-0.4, -0.2) is 11.9 Å². The normalized spacial score (nSPS) is 10.5. The predicted octanol–water partition coefficient (Wildman–Crippen LogP) is 3.55. The van der Waals surface area contributed by atoms with Crippen molar-refractivity contribution in [3.63, 3.8) is 0 Å². The van der Waals surface area contributed by atoms with E-state index >= 15 is 0 Å². The van der Waals surface area contributed by atoms with Crippen molar-refractivity contribution in [3.8, 4) is 10.4 Å². The van der Waals surface area contributed by atoms with Crippen LogP contribution in [0.3, 0.4) is 0 Å². The van der Waals surface area contributed by atoms with Crippen LogP contribution in [0.2, 0.25) is 0 Å². The average Bonchev–Trinajstić information content (AvgIpc) is 2.82. The van der Waals surface area contributed by atoms with Gasteiger partial charge in [0, 0.05) is 16.5 Å². The van der Waals surface area contributed by atoms with Crippen molar-refractivity contribution in [1.29, 1.82) is 0 Å². The lowest BCUT2D eigenvalue weighted by molar-refractivity contribution is 0.0943. The fourth-order valence-corrected chi connectivity index (χ4v) is 2.31. The Morgan fingerprint density at radius 2 is 1.88 bits per heavy atom. The van der Waals surface area contributed by atoms with Gasteiger partial charge in [0.15, 0.2) is 0 Å². The molecule has 0 unspecified atom stereocenters. The number of carbonyl (C=O) groups is 1. The highest BCUT2D eigenvalue weighted by molar-refractivity contribution is 7.13. The highest BCUT2D eigenvalue weighted by Crippen LogP contribution is 2.24. The first-order chi connectivity index (χ1) is 8.16. The van der Waals surface area contributed by atoms with E-state index in [0.717, 1.165) is 5.56 Å².